The Balaban J connectivity index is 1.46. The van der Waals surface area contributed by atoms with E-state index in [4.69, 9.17) is 38.1 Å². The van der Waals surface area contributed by atoms with Crippen molar-refractivity contribution in [2.75, 3.05) is 52.6 Å². The van der Waals surface area contributed by atoms with E-state index in [1.165, 1.54) is 6.42 Å². The normalized spacial score (nSPS) is 19.5. The summed E-state index contributed by atoms with van der Waals surface area (Å²) in [5.41, 5.74) is 8.57. The monoisotopic (exact) mass is 576 g/mol. The van der Waals surface area contributed by atoms with Gasteiger partial charge < -0.3 is 19.9 Å². The molecule has 2 atom stereocenters. The Morgan fingerprint density at radius 1 is 1.10 bits per heavy atom. The van der Waals surface area contributed by atoms with Crippen molar-refractivity contribution in [2.45, 2.75) is 49.6 Å². The van der Waals surface area contributed by atoms with Gasteiger partial charge in [-0.1, -0.05) is 18.0 Å². The van der Waals surface area contributed by atoms with Gasteiger partial charge in [0.2, 0.25) is 10.0 Å². The summed E-state index contributed by atoms with van der Waals surface area (Å²) in [5.74, 6) is 0.610. The van der Waals surface area contributed by atoms with Crippen LogP contribution in [-0.2, 0) is 25.9 Å². The summed E-state index contributed by atoms with van der Waals surface area (Å²) in [6.45, 7) is 13.6. The summed E-state index contributed by atoms with van der Waals surface area (Å²) >= 11 is 6.40. The molecule has 1 aliphatic heterocycles. The number of sulfonamides is 1. The van der Waals surface area contributed by atoms with Crippen molar-refractivity contribution >= 4 is 27.3 Å². The van der Waals surface area contributed by atoms with Crippen LogP contribution in [0, 0.1) is 13.5 Å². The molecule has 0 amide bonds. The molecule has 11 heteroatoms. The largest absolute Gasteiger partial charge is 0.484 e. The summed E-state index contributed by atoms with van der Waals surface area (Å²) in [7, 11) is -3.71. The third-order valence-electron chi connectivity index (χ3n) is 7.16. The summed E-state index contributed by atoms with van der Waals surface area (Å²) in [6.07, 6.45) is 3.93. The molecule has 0 bridgehead atoms. The predicted octanol–water partition coefficient (Wildman–Crippen LogP) is 4.00. The highest BCUT2D eigenvalue weighted by Crippen LogP contribution is 2.44. The molecule has 2 aromatic rings. The minimum absolute atomic E-state index is 0.0875. The van der Waals surface area contributed by atoms with Gasteiger partial charge in [0.15, 0.2) is 5.69 Å². The Morgan fingerprint density at radius 3 is 2.54 bits per heavy atom. The molecule has 1 aliphatic carbocycles. The van der Waals surface area contributed by atoms with Gasteiger partial charge in [-0.3, -0.25) is 4.90 Å². The van der Waals surface area contributed by atoms with Crippen molar-refractivity contribution in [1.29, 1.82) is 0 Å². The number of ether oxygens (including phenoxy) is 3. The van der Waals surface area contributed by atoms with Crippen LogP contribution in [0.4, 0.5) is 5.69 Å². The minimum atomic E-state index is -3.71. The van der Waals surface area contributed by atoms with E-state index in [1.54, 1.807) is 24.3 Å². The van der Waals surface area contributed by atoms with E-state index in [0.29, 0.717) is 48.4 Å². The lowest BCUT2D eigenvalue weighted by Crippen LogP contribution is -2.43. The van der Waals surface area contributed by atoms with Crippen LogP contribution >= 0.6 is 11.6 Å². The molecule has 0 aromatic heterocycles. The third kappa shape index (κ3) is 7.50. The van der Waals surface area contributed by atoms with E-state index in [2.05, 4.69) is 14.5 Å². The van der Waals surface area contributed by atoms with Crippen molar-refractivity contribution in [3.8, 4) is 5.75 Å². The number of halogens is 1. The average molecular weight is 577 g/mol. The van der Waals surface area contributed by atoms with Gasteiger partial charge in [0.1, 0.15) is 11.9 Å². The van der Waals surface area contributed by atoms with E-state index in [9.17, 15) is 8.42 Å². The quantitative estimate of drug-likeness (QED) is 0.274. The molecule has 2 aliphatic rings. The van der Waals surface area contributed by atoms with Crippen molar-refractivity contribution in [2.24, 2.45) is 5.73 Å². The van der Waals surface area contributed by atoms with Crippen LogP contribution in [0.3, 0.4) is 0 Å². The van der Waals surface area contributed by atoms with E-state index < -0.39 is 10.0 Å². The van der Waals surface area contributed by atoms with E-state index in [-0.39, 0.29) is 30.2 Å². The number of hydrogen-bond donors (Lipinski definition) is 2. The number of nitrogens with two attached hydrogens (primary N) is 1. The second-order valence-corrected chi connectivity index (χ2v) is 12.1. The SMILES string of the molecule is [C-]#[N+]c1cc(Cl)cc2c1C[C@H](N1CCCCC1)[C@H]2Oc1ccc(S(=O)(=O)NCCOCCOCCN)cc1C. The van der Waals surface area contributed by atoms with Crippen molar-refractivity contribution < 1.29 is 22.6 Å². The van der Waals surface area contributed by atoms with Gasteiger partial charge in [0, 0.05) is 18.1 Å². The lowest BCUT2D eigenvalue weighted by Gasteiger charge is -2.36. The Morgan fingerprint density at radius 2 is 1.85 bits per heavy atom. The zero-order valence-corrected chi connectivity index (χ0v) is 23.9. The highest BCUT2D eigenvalue weighted by atomic mass is 35.5. The molecule has 0 radical (unpaired) electrons. The van der Waals surface area contributed by atoms with E-state index in [0.717, 1.165) is 43.5 Å². The molecular weight excluding hydrogens is 540 g/mol. The number of nitrogens with one attached hydrogen (secondary N) is 1. The van der Waals surface area contributed by atoms with Crippen LogP contribution < -0.4 is 15.2 Å². The van der Waals surface area contributed by atoms with Crippen molar-refractivity contribution in [3.63, 3.8) is 0 Å². The Kier molecular flexibility index (Phi) is 10.6. The topological polar surface area (TPSA) is 107 Å². The second kappa shape index (κ2) is 13.9. The fraction of sp³-hybridized carbons (Fsp3) is 0.536. The highest BCUT2D eigenvalue weighted by Gasteiger charge is 2.40. The standard InChI is InChI=1S/C28H37ClN4O5S/c1-20-16-22(39(34,35)32-9-13-37-15-14-36-12-8-30)6-7-27(20)38-28-24-17-21(29)18-25(31-2)23(24)19-26(28)33-10-4-3-5-11-33/h6-7,16-18,26,28,32H,3-5,8-15,19,30H2,1H3/t26-,28-/m0/s1. The lowest BCUT2D eigenvalue weighted by atomic mass is 10.0. The van der Waals surface area contributed by atoms with Crippen LogP contribution in [0.2, 0.25) is 5.02 Å². The number of fused-ring (bicyclic) bond motifs is 1. The summed E-state index contributed by atoms with van der Waals surface area (Å²) < 4.78 is 45.5. The van der Waals surface area contributed by atoms with Crippen LogP contribution in [0.25, 0.3) is 4.85 Å². The first kappa shape index (κ1) is 29.7. The maximum atomic E-state index is 12.8. The molecule has 9 nitrogen and oxygen atoms in total. The molecule has 3 N–H and O–H groups in total. The van der Waals surface area contributed by atoms with Gasteiger partial charge in [-0.2, -0.15) is 0 Å². The molecule has 2 aromatic carbocycles. The maximum Gasteiger partial charge on any atom is 0.240 e. The molecule has 1 saturated heterocycles. The van der Waals surface area contributed by atoms with Gasteiger partial charge >= 0.3 is 0 Å². The number of piperidine rings is 1. The zero-order chi connectivity index (χ0) is 27.8. The number of benzene rings is 2. The van der Waals surface area contributed by atoms with Gasteiger partial charge in [0.05, 0.1) is 43.9 Å². The Bertz CT molecular complexity index is 1280. The molecule has 212 valence electrons. The fourth-order valence-electron chi connectivity index (χ4n) is 5.25. The predicted molar refractivity (Wildman–Crippen MR) is 151 cm³/mol. The molecule has 1 fully saturated rings. The first-order chi connectivity index (χ1) is 18.8. The van der Waals surface area contributed by atoms with Crippen LogP contribution in [0.1, 0.15) is 42.1 Å². The van der Waals surface area contributed by atoms with Crippen molar-refractivity contribution in [3.05, 3.63) is 63.5 Å². The number of nitrogens with zero attached hydrogens (tertiary/aromatic N) is 2. The molecule has 0 spiro atoms. The molecule has 0 saturated carbocycles. The number of hydrogen-bond acceptors (Lipinski definition) is 7. The first-order valence-electron chi connectivity index (χ1n) is 13.4. The van der Waals surface area contributed by atoms with Gasteiger partial charge in [-0.25, -0.2) is 18.0 Å². The van der Waals surface area contributed by atoms with Crippen LogP contribution in [-0.4, -0.2) is 72.0 Å². The van der Waals surface area contributed by atoms with Gasteiger partial charge in [-0.15, -0.1) is 0 Å². The minimum Gasteiger partial charge on any atom is -0.484 e. The Hall–Kier alpha value is -2.23. The molecule has 0 unspecified atom stereocenters. The van der Waals surface area contributed by atoms with E-state index in [1.807, 2.05) is 13.0 Å². The maximum absolute atomic E-state index is 12.8. The fourth-order valence-corrected chi connectivity index (χ4v) is 6.57. The molecule has 4 rings (SSSR count). The lowest BCUT2D eigenvalue weighted by molar-refractivity contribution is 0.0530. The highest BCUT2D eigenvalue weighted by molar-refractivity contribution is 7.89. The average Bonchev–Trinajstić information content (AvgIpc) is 3.29. The molecule has 1 heterocycles. The smallest absolute Gasteiger partial charge is 0.240 e. The van der Waals surface area contributed by atoms with Gasteiger partial charge in [-0.05, 0) is 86.3 Å². The number of aryl methyl sites for hydroxylation is 1. The summed E-state index contributed by atoms with van der Waals surface area (Å²) in [4.78, 5) is 6.35. The summed E-state index contributed by atoms with van der Waals surface area (Å²) in [5, 5.41) is 0.518. The first-order valence-corrected chi connectivity index (χ1v) is 15.3. The molecular formula is C28H37ClN4O5S. The van der Waals surface area contributed by atoms with Crippen LogP contribution in [0.5, 0.6) is 5.75 Å². The van der Waals surface area contributed by atoms with E-state index >= 15 is 0 Å². The molecule has 39 heavy (non-hydrogen) atoms. The zero-order valence-electron chi connectivity index (χ0n) is 22.3. The number of likely N-dealkylation sites (tertiary alicyclic amines) is 1. The third-order valence-corrected chi connectivity index (χ3v) is 8.84. The van der Waals surface area contributed by atoms with Gasteiger partial charge in [0.25, 0.3) is 0 Å². The number of rotatable bonds is 13. The van der Waals surface area contributed by atoms with Crippen LogP contribution in [0.15, 0.2) is 35.2 Å². The second-order valence-electron chi connectivity index (χ2n) is 9.85. The van der Waals surface area contributed by atoms with Crippen molar-refractivity contribution in [1.82, 2.24) is 9.62 Å². The Labute approximate surface area is 236 Å². The summed E-state index contributed by atoms with van der Waals surface area (Å²) in [6, 6.07) is 8.60.